The first-order valence-corrected chi connectivity index (χ1v) is 4.64. The van der Waals surface area contributed by atoms with Gasteiger partial charge in [-0.2, -0.15) is 0 Å². The quantitative estimate of drug-likeness (QED) is 0.487. The molecule has 80 valence electrons. The van der Waals surface area contributed by atoms with Crippen LogP contribution in [0.15, 0.2) is 18.2 Å². The molecule has 0 atom stereocenters. The van der Waals surface area contributed by atoms with Crippen LogP contribution >= 0.6 is 11.6 Å². The first kappa shape index (κ1) is 11.5. The first-order chi connectivity index (χ1) is 7.06. The molecule has 1 N–H and O–H groups in total. The van der Waals surface area contributed by atoms with Crippen molar-refractivity contribution in [2.45, 2.75) is 6.92 Å². The third kappa shape index (κ3) is 2.70. The van der Waals surface area contributed by atoms with E-state index in [0.717, 1.165) is 0 Å². The number of esters is 1. The van der Waals surface area contributed by atoms with Crippen LogP contribution < -0.4 is 0 Å². The second-order valence-electron chi connectivity index (χ2n) is 2.71. The van der Waals surface area contributed by atoms with Crippen LogP contribution in [0.1, 0.15) is 17.3 Å². The van der Waals surface area contributed by atoms with Gasteiger partial charge in [-0.15, -0.1) is 0 Å². The zero-order valence-corrected chi connectivity index (χ0v) is 8.75. The number of carbonyl (C=O) groups excluding carboxylic acids is 2. The summed E-state index contributed by atoms with van der Waals surface area (Å²) in [5.41, 5.74) is 0.0212. The summed E-state index contributed by atoms with van der Waals surface area (Å²) in [6.07, 6.45) is 0. The SMILES string of the molecule is CCOC(=O)C(=O)c1ccc(O)cc1Cl. The van der Waals surface area contributed by atoms with Gasteiger partial charge in [0.25, 0.3) is 5.78 Å². The fraction of sp³-hybridized carbons (Fsp3) is 0.200. The molecule has 0 bridgehead atoms. The zero-order chi connectivity index (χ0) is 11.4. The van der Waals surface area contributed by atoms with E-state index in [1.54, 1.807) is 6.92 Å². The highest BCUT2D eigenvalue weighted by molar-refractivity contribution is 6.45. The summed E-state index contributed by atoms with van der Waals surface area (Å²) in [5, 5.41) is 9.07. The maximum atomic E-state index is 11.4. The molecular weight excluding hydrogens is 220 g/mol. The summed E-state index contributed by atoms with van der Waals surface area (Å²) in [6, 6.07) is 3.74. The van der Waals surface area contributed by atoms with Crippen LogP contribution in [0.4, 0.5) is 0 Å². The number of hydrogen-bond acceptors (Lipinski definition) is 4. The molecular formula is C10H9ClO4. The number of benzene rings is 1. The number of rotatable bonds is 3. The number of phenolic OH excluding ortho intramolecular Hbond substituents is 1. The maximum Gasteiger partial charge on any atom is 0.379 e. The highest BCUT2D eigenvalue weighted by Crippen LogP contribution is 2.22. The lowest BCUT2D eigenvalue weighted by atomic mass is 10.1. The van der Waals surface area contributed by atoms with Gasteiger partial charge >= 0.3 is 5.97 Å². The summed E-state index contributed by atoms with van der Waals surface area (Å²) in [5.74, 6) is -1.84. The molecule has 0 aliphatic heterocycles. The molecule has 0 aliphatic carbocycles. The Bertz CT molecular complexity index is 400. The Balaban J connectivity index is 2.96. The smallest absolute Gasteiger partial charge is 0.379 e. The molecule has 0 radical (unpaired) electrons. The monoisotopic (exact) mass is 228 g/mol. The van der Waals surface area contributed by atoms with Gasteiger partial charge in [0.2, 0.25) is 0 Å². The molecule has 0 amide bonds. The van der Waals surface area contributed by atoms with Crippen molar-refractivity contribution in [3.8, 4) is 5.75 Å². The van der Waals surface area contributed by atoms with Gasteiger partial charge in [0.1, 0.15) is 5.75 Å². The Morgan fingerprint density at radius 1 is 1.47 bits per heavy atom. The van der Waals surface area contributed by atoms with E-state index in [0.29, 0.717) is 0 Å². The third-order valence-electron chi connectivity index (χ3n) is 1.66. The van der Waals surface area contributed by atoms with Gasteiger partial charge in [0.15, 0.2) is 0 Å². The highest BCUT2D eigenvalue weighted by atomic mass is 35.5. The topological polar surface area (TPSA) is 63.6 Å². The van der Waals surface area contributed by atoms with Gasteiger partial charge in [0.05, 0.1) is 11.6 Å². The zero-order valence-electron chi connectivity index (χ0n) is 7.99. The van der Waals surface area contributed by atoms with Crippen molar-refractivity contribution in [2.75, 3.05) is 6.61 Å². The summed E-state index contributed by atoms with van der Waals surface area (Å²) in [6.45, 7) is 1.73. The number of carbonyl (C=O) groups is 2. The Hall–Kier alpha value is -1.55. The summed E-state index contributed by atoms with van der Waals surface area (Å²) < 4.78 is 4.53. The van der Waals surface area contributed by atoms with Gasteiger partial charge in [0, 0.05) is 5.56 Å². The summed E-state index contributed by atoms with van der Waals surface area (Å²) >= 11 is 5.68. The second kappa shape index (κ2) is 4.79. The fourth-order valence-electron chi connectivity index (χ4n) is 0.995. The lowest BCUT2D eigenvalue weighted by molar-refractivity contribution is -0.137. The predicted octanol–water partition coefficient (Wildman–Crippen LogP) is 1.79. The van der Waals surface area contributed by atoms with Crippen molar-refractivity contribution >= 4 is 23.4 Å². The average molecular weight is 229 g/mol. The van der Waals surface area contributed by atoms with E-state index in [1.165, 1.54) is 18.2 Å². The van der Waals surface area contributed by atoms with Crippen molar-refractivity contribution < 1.29 is 19.4 Å². The van der Waals surface area contributed by atoms with Crippen molar-refractivity contribution in [3.05, 3.63) is 28.8 Å². The number of hydrogen-bond donors (Lipinski definition) is 1. The summed E-state index contributed by atoms with van der Waals surface area (Å²) in [4.78, 5) is 22.5. The first-order valence-electron chi connectivity index (χ1n) is 4.26. The van der Waals surface area contributed by atoms with E-state index in [4.69, 9.17) is 16.7 Å². The van der Waals surface area contributed by atoms with E-state index in [2.05, 4.69) is 4.74 Å². The third-order valence-corrected chi connectivity index (χ3v) is 1.97. The van der Waals surface area contributed by atoms with Crippen molar-refractivity contribution in [1.29, 1.82) is 0 Å². The van der Waals surface area contributed by atoms with E-state index >= 15 is 0 Å². The van der Waals surface area contributed by atoms with E-state index in [1.807, 2.05) is 0 Å². The summed E-state index contributed by atoms with van der Waals surface area (Å²) in [7, 11) is 0. The van der Waals surface area contributed by atoms with E-state index in [9.17, 15) is 9.59 Å². The van der Waals surface area contributed by atoms with Gasteiger partial charge in [-0.05, 0) is 25.1 Å². The Kier molecular flexibility index (Phi) is 3.68. The lowest BCUT2D eigenvalue weighted by Gasteiger charge is -2.03. The molecule has 0 spiro atoms. The molecule has 0 aliphatic rings. The van der Waals surface area contributed by atoms with Crippen LogP contribution in [-0.2, 0) is 9.53 Å². The normalized spacial score (nSPS) is 9.73. The van der Waals surface area contributed by atoms with E-state index in [-0.39, 0.29) is 22.9 Å². The van der Waals surface area contributed by atoms with Crippen LogP contribution in [0, 0.1) is 0 Å². The van der Waals surface area contributed by atoms with Crippen LogP contribution in [0.2, 0.25) is 5.02 Å². The average Bonchev–Trinajstić information content (AvgIpc) is 2.17. The van der Waals surface area contributed by atoms with Crippen molar-refractivity contribution in [3.63, 3.8) is 0 Å². The molecule has 0 saturated carbocycles. The Labute approximate surface area is 91.4 Å². The molecule has 1 rings (SSSR count). The number of ketones is 1. The lowest BCUT2D eigenvalue weighted by Crippen LogP contribution is -2.17. The van der Waals surface area contributed by atoms with Crippen LogP contribution in [0.25, 0.3) is 0 Å². The van der Waals surface area contributed by atoms with Gasteiger partial charge < -0.3 is 9.84 Å². The van der Waals surface area contributed by atoms with Gasteiger partial charge in [-0.1, -0.05) is 11.6 Å². The Morgan fingerprint density at radius 2 is 2.13 bits per heavy atom. The number of phenols is 1. The molecule has 0 heterocycles. The largest absolute Gasteiger partial charge is 0.508 e. The maximum absolute atomic E-state index is 11.4. The number of Topliss-reactive ketones (excluding diaryl/α,β-unsaturated/α-hetero) is 1. The molecule has 1 aromatic carbocycles. The molecule has 0 fully saturated rings. The molecule has 1 aromatic rings. The molecule has 15 heavy (non-hydrogen) atoms. The molecule has 4 nitrogen and oxygen atoms in total. The van der Waals surface area contributed by atoms with E-state index < -0.39 is 11.8 Å². The standard InChI is InChI=1S/C10H9ClO4/c1-2-15-10(14)9(13)7-4-3-6(12)5-8(7)11/h3-5,12H,2H2,1H3. The molecule has 0 saturated heterocycles. The second-order valence-corrected chi connectivity index (χ2v) is 3.12. The molecule has 5 heteroatoms. The minimum atomic E-state index is -0.954. The van der Waals surface area contributed by atoms with Crippen molar-refractivity contribution in [2.24, 2.45) is 0 Å². The van der Waals surface area contributed by atoms with Gasteiger partial charge in [-0.3, -0.25) is 4.79 Å². The van der Waals surface area contributed by atoms with Crippen LogP contribution in [0.5, 0.6) is 5.75 Å². The molecule has 0 aromatic heterocycles. The van der Waals surface area contributed by atoms with Crippen molar-refractivity contribution in [1.82, 2.24) is 0 Å². The predicted molar refractivity (Wildman–Crippen MR) is 54.1 cm³/mol. The van der Waals surface area contributed by atoms with Crippen LogP contribution in [0.3, 0.4) is 0 Å². The number of halogens is 1. The number of aromatic hydroxyl groups is 1. The van der Waals surface area contributed by atoms with Gasteiger partial charge in [-0.25, -0.2) is 4.79 Å². The fourth-order valence-corrected chi connectivity index (χ4v) is 1.26. The molecule has 0 unspecified atom stereocenters. The minimum absolute atomic E-state index is 0.0212. The number of ether oxygens (including phenoxy) is 1. The minimum Gasteiger partial charge on any atom is -0.508 e. The highest BCUT2D eigenvalue weighted by Gasteiger charge is 2.20. The Morgan fingerprint density at radius 3 is 2.67 bits per heavy atom. The van der Waals surface area contributed by atoms with Crippen LogP contribution in [-0.4, -0.2) is 23.5 Å².